The van der Waals surface area contributed by atoms with Crippen molar-refractivity contribution in [2.24, 2.45) is 0 Å². The minimum Gasteiger partial charge on any atom is -0.497 e. The third-order valence-electron chi connectivity index (χ3n) is 8.91. The van der Waals surface area contributed by atoms with Gasteiger partial charge in [0.2, 0.25) is 21.8 Å². The number of nitrogens with one attached hydrogen (secondary N) is 1. The van der Waals surface area contributed by atoms with Crippen LogP contribution in [-0.2, 0) is 45.4 Å². The Morgan fingerprint density at radius 1 is 0.735 bits per heavy atom. The van der Waals surface area contributed by atoms with Gasteiger partial charge in [0.25, 0.3) is 0 Å². The number of aryl methyl sites for hydroxylation is 1. The van der Waals surface area contributed by atoms with E-state index < -0.39 is 16.1 Å². The van der Waals surface area contributed by atoms with Gasteiger partial charge in [0, 0.05) is 39.0 Å². The molecular formula is C39H45N3O6S. The Bertz CT molecular complexity index is 1760. The highest BCUT2D eigenvalue weighted by Crippen LogP contribution is 2.23. The van der Waals surface area contributed by atoms with Crippen molar-refractivity contribution >= 4 is 21.8 Å². The molecule has 0 aromatic heterocycles. The van der Waals surface area contributed by atoms with E-state index in [1.165, 1.54) is 4.31 Å². The number of amides is 2. The molecule has 1 aliphatic rings. The molecule has 10 heteroatoms. The van der Waals surface area contributed by atoms with Crippen molar-refractivity contribution in [2.75, 3.05) is 33.9 Å². The monoisotopic (exact) mass is 683 g/mol. The highest BCUT2D eigenvalue weighted by Gasteiger charge is 2.31. The predicted molar refractivity (Wildman–Crippen MR) is 190 cm³/mol. The van der Waals surface area contributed by atoms with E-state index in [1.54, 1.807) is 43.4 Å². The molecule has 0 spiro atoms. The van der Waals surface area contributed by atoms with Gasteiger partial charge in [-0.2, -0.15) is 4.31 Å². The molecule has 5 rings (SSSR count). The zero-order chi connectivity index (χ0) is 34.6. The molecule has 1 saturated heterocycles. The Labute approximate surface area is 289 Å². The quantitative estimate of drug-likeness (QED) is 0.169. The predicted octanol–water partition coefficient (Wildman–Crippen LogP) is 5.42. The summed E-state index contributed by atoms with van der Waals surface area (Å²) in [6, 6.07) is 31.0. The molecule has 1 aliphatic heterocycles. The lowest BCUT2D eigenvalue weighted by Crippen LogP contribution is -2.50. The van der Waals surface area contributed by atoms with Crippen LogP contribution < -0.4 is 14.8 Å². The van der Waals surface area contributed by atoms with Crippen molar-refractivity contribution in [1.82, 2.24) is 14.5 Å². The first-order chi connectivity index (χ1) is 23.8. The number of benzene rings is 4. The summed E-state index contributed by atoms with van der Waals surface area (Å²) in [5.41, 5.74) is 3.72. The lowest BCUT2D eigenvalue weighted by atomic mass is 10.0. The molecule has 1 unspecified atom stereocenters. The summed E-state index contributed by atoms with van der Waals surface area (Å²) in [4.78, 5) is 30.1. The van der Waals surface area contributed by atoms with Gasteiger partial charge in [-0.3, -0.25) is 9.59 Å². The van der Waals surface area contributed by atoms with Crippen LogP contribution in [0.1, 0.15) is 41.5 Å². The van der Waals surface area contributed by atoms with Gasteiger partial charge in [0.1, 0.15) is 17.5 Å². The maximum absolute atomic E-state index is 14.1. The first-order valence-electron chi connectivity index (χ1n) is 16.7. The van der Waals surface area contributed by atoms with Gasteiger partial charge in [0.05, 0.1) is 19.1 Å². The first-order valence-corrected chi connectivity index (χ1v) is 18.2. The summed E-state index contributed by atoms with van der Waals surface area (Å²) < 4.78 is 38.1. The maximum atomic E-state index is 14.1. The Morgan fingerprint density at radius 3 is 1.88 bits per heavy atom. The minimum absolute atomic E-state index is 0.152. The Morgan fingerprint density at radius 2 is 1.29 bits per heavy atom. The van der Waals surface area contributed by atoms with Gasteiger partial charge in [0.15, 0.2) is 0 Å². The summed E-state index contributed by atoms with van der Waals surface area (Å²) >= 11 is 0. The van der Waals surface area contributed by atoms with Crippen molar-refractivity contribution in [1.29, 1.82) is 0 Å². The Kier molecular flexibility index (Phi) is 12.5. The minimum atomic E-state index is -3.52. The highest BCUT2D eigenvalue weighted by atomic mass is 32.2. The van der Waals surface area contributed by atoms with Gasteiger partial charge >= 0.3 is 0 Å². The normalized spacial score (nSPS) is 13.8. The van der Waals surface area contributed by atoms with Crippen LogP contribution in [0.3, 0.4) is 0 Å². The fraction of sp³-hybridized carbons (Fsp3) is 0.333. The number of carbonyl (C=O) groups is 2. The Balaban J connectivity index is 1.34. The van der Waals surface area contributed by atoms with Crippen LogP contribution in [-0.4, -0.2) is 69.3 Å². The topological polar surface area (TPSA) is 105 Å². The van der Waals surface area contributed by atoms with Crippen LogP contribution in [0.5, 0.6) is 11.5 Å². The maximum Gasteiger partial charge on any atom is 0.243 e. The van der Waals surface area contributed by atoms with Crippen molar-refractivity contribution in [2.45, 2.75) is 56.0 Å². The number of methoxy groups -OCH3 is 2. The molecule has 1 atom stereocenters. The molecule has 258 valence electrons. The molecule has 2 amide bonds. The molecule has 0 radical (unpaired) electrons. The molecule has 1 heterocycles. The zero-order valence-corrected chi connectivity index (χ0v) is 29.0. The van der Waals surface area contributed by atoms with Gasteiger partial charge in [-0.05, 0) is 84.3 Å². The molecule has 1 fully saturated rings. The largest absolute Gasteiger partial charge is 0.497 e. The average molecular weight is 684 g/mol. The number of sulfonamides is 1. The fourth-order valence-electron chi connectivity index (χ4n) is 6.02. The van der Waals surface area contributed by atoms with Crippen molar-refractivity contribution in [3.63, 3.8) is 0 Å². The van der Waals surface area contributed by atoms with Crippen LogP contribution in [0.4, 0.5) is 0 Å². The lowest BCUT2D eigenvalue weighted by molar-refractivity contribution is -0.141. The van der Waals surface area contributed by atoms with E-state index in [2.05, 4.69) is 5.32 Å². The van der Waals surface area contributed by atoms with Crippen LogP contribution in [0.2, 0.25) is 0 Å². The van der Waals surface area contributed by atoms with E-state index in [9.17, 15) is 18.0 Å². The smallest absolute Gasteiger partial charge is 0.243 e. The number of hydrogen-bond donors (Lipinski definition) is 1. The number of hydrogen-bond acceptors (Lipinski definition) is 6. The summed E-state index contributed by atoms with van der Waals surface area (Å²) in [7, 11) is -0.293. The Hall–Kier alpha value is -4.67. The van der Waals surface area contributed by atoms with E-state index in [0.717, 1.165) is 40.8 Å². The van der Waals surface area contributed by atoms with Gasteiger partial charge in [-0.25, -0.2) is 8.42 Å². The summed E-state index contributed by atoms with van der Waals surface area (Å²) in [6.45, 7) is 1.73. The lowest BCUT2D eigenvalue weighted by Gasteiger charge is -2.32. The van der Waals surface area contributed by atoms with E-state index in [-0.39, 0.29) is 29.7 Å². The first kappa shape index (κ1) is 35.6. The second-order valence-corrected chi connectivity index (χ2v) is 14.2. The van der Waals surface area contributed by atoms with Crippen LogP contribution in [0, 0.1) is 0 Å². The van der Waals surface area contributed by atoms with E-state index in [1.807, 2.05) is 78.9 Å². The van der Waals surface area contributed by atoms with Gasteiger partial charge in [-0.15, -0.1) is 0 Å². The highest BCUT2D eigenvalue weighted by molar-refractivity contribution is 7.89. The van der Waals surface area contributed by atoms with Crippen molar-refractivity contribution in [3.05, 3.63) is 125 Å². The van der Waals surface area contributed by atoms with Gasteiger partial charge < -0.3 is 19.7 Å². The number of carbonyl (C=O) groups excluding carboxylic acids is 2. The third-order valence-corrected chi connectivity index (χ3v) is 10.8. The summed E-state index contributed by atoms with van der Waals surface area (Å²) in [6.07, 6.45) is 3.28. The molecule has 4 aromatic rings. The van der Waals surface area contributed by atoms with Crippen LogP contribution >= 0.6 is 0 Å². The number of ether oxygens (including phenoxy) is 2. The van der Waals surface area contributed by atoms with Crippen molar-refractivity contribution in [3.8, 4) is 11.5 Å². The SMILES string of the molecule is COc1ccc(CCNC(=O)C(Cc2ccccc2)N(Cc2ccc(OC)cc2)C(=O)CCc2ccc(S(=O)(=O)N3CCCC3)cc2)cc1. The van der Waals surface area contributed by atoms with E-state index in [0.29, 0.717) is 44.6 Å². The second-order valence-electron chi connectivity index (χ2n) is 12.2. The third kappa shape index (κ3) is 9.70. The van der Waals surface area contributed by atoms with E-state index >= 15 is 0 Å². The molecule has 9 nitrogen and oxygen atoms in total. The molecule has 49 heavy (non-hydrogen) atoms. The molecule has 0 bridgehead atoms. The number of rotatable bonds is 16. The van der Waals surface area contributed by atoms with Crippen LogP contribution in [0.25, 0.3) is 0 Å². The molecule has 0 aliphatic carbocycles. The molecule has 4 aromatic carbocycles. The van der Waals surface area contributed by atoms with E-state index in [4.69, 9.17) is 9.47 Å². The molecular weight excluding hydrogens is 639 g/mol. The molecule has 0 saturated carbocycles. The standard InChI is InChI=1S/C39H45N3O6S/c1-47-34-17-10-31(11-18-34)24-25-40-39(44)37(28-32-8-4-3-5-9-32)42(29-33-12-19-35(48-2)20-13-33)38(43)23-16-30-14-21-36(22-15-30)49(45,46)41-26-6-7-27-41/h3-5,8-15,17-22,37H,6-7,16,23-29H2,1-2H3,(H,40,44). The second kappa shape index (κ2) is 17.1. The number of nitrogens with zero attached hydrogens (tertiary/aromatic N) is 2. The zero-order valence-electron chi connectivity index (χ0n) is 28.2. The van der Waals surface area contributed by atoms with Crippen LogP contribution in [0.15, 0.2) is 108 Å². The van der Waals surface area contributed by atoms with Crippen molar-refractivity contribution < 1.29 is 27.5 Å². The summed E-state index contributed by atoms with van der Waals surface area (Å²) in [5.74, 6) is 1.08. The summed E-state index contributed by atoms with van der Waals surface area (Å²) in [5, 5.41) is 3.09. The van der Waals surface area contributed by atoms with Gasteiger partial charge in [-0.1, -0.05) is 66.7 Å². The molecule has 1 N–H and O–H groups in total. The average Bonchev–Trinajstić information content (AvgIpc) is 3.70. The fourth-order valence-corrected chi connectivity index (χ4v) is 7.54.